The highest BCUT2D eigenvalue weighted by Crippen LogP contribution is 2.29. The lowest BCUT2D eigenvalue weighted by Crippen LogP contribution is -2.22. The summed E-state index contributed by atoms with van der Waals surface area (Å²) >= 11 is 4.90. The Hall–Kier alpha value is -1.14. The van der Waals surface area contributed by atoms with Crippen LogP contribution in [0.1, 0.15) is 19.8 Å². The Morgan fingerprint density at radius 2 is 2.25 bits per heavy atom. The highest BCUT2D eigenvalue weighted by atomic mass is 79.9. The molecule has 2 aromatic rings. The summed E-state index contributed by atoms with van der Waals surface area (Å²) in [6.07, 6.45) is 1.79. The standard InChI is InChI=1S/C14H18BrN3OS/c1-4-5-10(15)13(19)17-14-16-11-7-6-9(18(2)3)8-12(11)20-14/h6-8,10H,4-5H2,1-3H3,(H,16,17,19)/t10-/m1/s1. The number of hydrogen-bond acceptors (Lipinski definition) is 4. The van der Waals surface area contributed by atoms with Crippen molar-refractivity contribution in [1.29, 1.82) is 0 Å². The van der Waals surface area contributed by atoms with Gasteiger partial charge in [-0.1, -0.05) is 40.6 Å². The van der Waals surface area contributed by atoms with Crippen molar-refractivity contribution in [2.24, 2.45) is 0 Å². The molecule has 1 amide bonds. The zero-order chi connectivity index (χ0) is 14.7. The topological polar surface area (TPSA) is 45.2 Å². The van der Waals surface area contributed by atoms with E-state index in [2.05, 4.69) is 39.2 Å². The summed E-state index contributed by atoms with van der Waals surface area (Å²) in [5.74, 6) is -0.0289. The van der Waals surface area contributed by atoms with Crippen LogP contribution in [-0.4, -0.2) is 29.8 Å². The summed E-state index contributed by atoms with van der Waals surface area (Å²) in [6, 6.07) is 6.09. The molecule has 108 valence electrons. The summed E-state index contributed by atoms with van der Waals surface area (Å²) in [6.45, 7) is 2.06. The molecule has 6 heteroatoms. The maximum Gasteiger partial charge on any atom is 0.239 e. The van der Waals surface area contributed by atoms with Crippen molar-refractivity contribution in [3.8, 4) is 0 Å². The minimum absolute atomic E-state index is 0.0289. The van der Waals surface area contributed by atoms with Gasteiger partial charge in [-0.15, -0.1) is 0 Å². The number of nitrogens with one attached hydrogen (secondary N) is 1. The lowest BCUT2D eigenvalue weighted by atomic mass is 10.2. The molecule has 0 unspecified atom stereocenters. The number of halogens is 1. The van der Waals surface area contributed by atoms with E-state index in [9.17, 15) is 4.79 Å². The first-order valence-corrected chi connectivity index (χ1v) is 8.27. The van der Waals surface area contributed by atoms with Crippen LogP contribution in [-0.2, 0) is 4.79 Å². The second-order valence-electron chi connectivity index (χ2n) is 4.81. The van der Waals surface area contributed by atoms with Gasteiger partial charge in [-0.05, 0) is 24.6 Å². The molecule has 0 aliphatic heterocycles. The van der Waals surface area contributed by atoms with Crippen LogP contribution in [0.5, 0.6) is 0 Å². The molecule has 0 bridgehead atoms. The van der Waals surface area contributed by atoms with Gasteiger partial charge in [-0.25, -0.2) is 4.98 Å². The van der Waals surface area contributed by atoms with Crippen molar-refractivity contribution in [1.82, 2.24) is 4.98 Å². The number of aromatic nitrogens is 1. The predicted molar refractivity (Wildman–Crippen MR) is 90.2 cm³/mol. The van der Waals surface area contributed by atoms with E-state index < -0.39 is 0 Å². The molecule has 1 N–H and O–H groups in total. The second kappa shape index (κ2) is 6.54. The quantitative estimate of drug-likeness (QED) is 0.828. The second-order valence-corrected chi connectivity index (χ2v) is 6.95. The largest absolute Gasteiger partial charge is 0.378 e. The van der Waals surface area contributed by atoms with E-state index in [-0.39, 0.29) is 10.7 Å². The summed E-state index contributed by atoms with van der Waals surface area (Å²) in [5, 5.41) is 3.53. The van der Waals surface area contributed by atoms with Gasteiger partial charge in [-0.3, -0.25) is 4.79 Å². The van der Waals surface area contributed by atoms with Crippen molar-refractivity contribution < 1.29 is 4.79 Å². The highest BCUT2D eigenvalue weighted by Gasteiger charge is 2.15. The number of thiazole rings is 1. The Kier molecular flexibility index (Phi) is 4.99. The van der Waals surface area contributed by atoms with E-state index in [0.717, 1.165) is 28.7 Å². The molecule has 0 aliphatic rings. The van der Waals surface area contributed by atoms with Gasteiger partial charge < -0.3 is 10.2 Å². The summed E-state index contributed by atoms with van der Waals surface area (Å²) in [5.41, 5.74) is 2.04. The van der Waals surface area contributed by atoms with Crippen LogP contribution in [0.4, 0.5) is 10.8 Å². The van der Waals surface area contributed by atoms with Crippen molar-refractivity contribution in [2.75, 3.05) is 24.3 Å². The molecule has 4 nitrogen and oxygen atoms in total. The van der Waals surface area contributed by atoms with Crippen LogP contribution in [0.15, 0.2) is 18.2 Å². The molecule has 0 saturated carbocycles. The molecule has 0 fully saturated rings. The SMILES string of the molecule is CCC[C@@H](Br)C(=O)Nc1nc2ccc(N(C)C)cc2s1. The molecule has 20 heavy (non-hydrogen) atoms. The van der Waals surface area contributed by atoms with Crippen LogP contribution >= 0.6 is 27.3 Å². The third-order valence-corrected chi connectivity index (χ3v) is 4.75. The minimum Gasteiger partial charge on any atom is -0.378 e. The number of carbonyl (C=O) groups excluding carboxylic acids is 1. The Morgan fingerprint density at radius 1 is 1.50 bits per heavy atom. The van der Waals surface area contributed by atoms with Crippen LogP contribution in [0.2, 0.25) is 0 Å². The molecule has 0 radical (unpaired) electrons. The first kappa shape index (κ1) is 15.3. The minimum atomic E-state index is -0.156. The number of benzene rings is 1. The number of amides is 1. The van der Waals surface area contributed by atoms with Crippen LogP contribution < -0.4 is 10.2 Å². The molecule has 0 saturated heterocycles. The Bertz CT molecular complexity index is 611. The number of hydrogen-bond donors (Lipinski definition) is 1. The number of rotatable bonds is 5. The Morgan fingerprint density at radius 3 is 2.90 bits per heavy atom. The van der Waals surface area contributed by atoms with Crippen LogP contribution in [0, 0.1) is 0 Å². The summed E-state index contributed by atoms with van der Waals surface area (Å²) < 4.78 is 1.08. The van der Waals surface area contributed by atoms with Gasteiger partial charge >= 0.3 is 0 Å². The lowest BCUT2D eigenvalue weighted by molar-refractivity contribution is -0.115. The number of alkyl halides is 1. The molecule has 0 spiro atoms. The maximum absolute atomic E-state index is 12.0. The molecule has 0 aliphatic carbocycles. The van der Waals surface area contributed by atoms with Gasteiger partial charge in [-0.2, -0.15) is 0 Å². The van der Waals surface area contributed by atoms with E-state index in [1.165, 1.54) is 11.3 Å². The van der Waals surface area contributed by atoms with Gasteiger partial charge in [0.1, 0.15) is 0 Å². The summed E-state index contributed by atoms with van der Waals surface area (Å²) in [4.78, 5) is 18.3. The third-order valence-electron chi connectivity index (χ3n) is 2.95. The monoisotopic (exact) mass is 355 g/mol. The van der Waals surface area contributed by atoms with E-state index in [4.69, 9.17) is 0 Å². The smallest absolute Gasteiger partial charge is 0.239 e. The third kappa shape index (κ3) is 3.49. The molecule has 1 atom stereocenters. The van der Waals surface area contributed by atoms with Gasteiger partial charge in [0, 0.05) is 19.8 Å². The molecule has 1 heterocycles. The fourth-order valence-electron chi connectivity index (χ4n) is 1.81. The molecule has 1 aromatic carbocycles. The first-order chi connectivity index (χ1) is 9.51. The van der Waals surface area contributed by atoms with E-state index >= 15 is 0 Å². The number of nitrogens with zero attached hydrogens (tertiary/aromatic N) is 2. The Labute approximate surface area is 131 Å². The van der Waals surface area contributed by atoms with Crippen molar-refractivity contribution >= 4 is 54.2 Å². The normalized spacial score (nSPS) is 12.4. The Balaban J connectivity index is 2.17. The first-order valence-electron chi connectivity index (χ1n) is 6.54. The van der Waals surface area contributed by atoms with Gasteiger partial charge in [0.05, 0.1) is 15.0 Å². The maximum atomic E-state index is 12.0. The zero-order valence-corrected chi connectivity index (χ0v) is 14.2. The van der Waals surface area contributed by atoms with E-state index in [1.54, 1.807) is 0 Å². The summed E-state index contributed by atoms with van der Waals surface area (Å²) in [7, 11) is 4.01. The molecule has 2 rings (SSSR count). The van der Waals surface area contributed by atoms with Gasteiger partial charge in [0.25, 0.3) is 0 Å². The molecule has 1 aromatic heterocycles. The van der Waals surface area contributed by atoms with Gasteiger partial charge in [0.15, 0.2) is 5.13 Å². The van der Waals surface area contributed by atoms with Gasteiger partial charge in [0.2, 0.25) is 5.91 Å². The fourth-order valence-corrected chi connectivity index (χ4v) is 3.29. The van der Waals surface area contributed by atoms with Crippen LogP contribution in [0.25, 0.3) is 10.2 Å². The average Bonchev–Trinajstić information content (AvgIpc) is 2.79. The molecular weight excluding hydrogens is 338 g/mol. The van der Waals surface area contributed by atoms with E-state index in [0.29, 0.717) is 5.13 Å². The number of anilines is 2. The van der Waals surface area contributed by atoms with Crippen molar-refractivity contribution in [3.05, 3.63) is 18.2 Å². The fraction of sp³-hybridized carbons (Fsp3) is 0.429. The van der Waals surface area contributed by atoms with E-state index in [1.807, 2.05) is 31.1 Å². The van der Waals surface area contributed by atoms with Crippen LogP contribution in [0.3, 0.4) is 0 Å². The van der Waals surface area contributed by atoms with Crippen molar-refractivity contribution in [3.63, 3.8) is 0 Å². The zero-order valence-electron chi connectivity index (χ0n) is 11.8. The predicted octanol–water partition coefficient (Wildman–Crippen LogP) is 3.86. The molecular formula is C14H18BrN3OS. The average molecular weight is 356 g/mol. The lowest BCUT2D eigenvalue weighted by Gasteiger charge is -2.11. The highest BCUT2D eigenvalue weighted by molar-refractivity contribution is 9.10. The van der Waals surface area contributed by atoms with Crippen molar-refractivity contribution in [2.45, 2.75) is 24.6 Å². The number of fused-ring (bicyclic) bond motifs is 1. The number of carbonyl (C=O) groups is 1.